The number of Topliss-reactive ketones (excluding diaryl/α,β-unsaturated/α-hetero) is 1. The summed E-state index contributed by atoms with van der Waals surface area (Å²) in [4.78, 5) is 30.1. The molecule has 2 N–H and O–H groups in total. The number of aryl methyl sites for hydroxylation is 1. The summed E-state index contributed by atoms with van der Waals surface area (Å²) >= 11 is 6.64. The molecule has 0 fully saturated rings. The van der Waals surface area contributed by atoms with Gasteiger partial charge < -0.3 is 10.4 Å². The summed E-state index contributed by atoms with van der Waals surface area (Å²) in [5.74, 6) is -0.868. The van der Waals surface area contributed by atoms with E-state index in [2.05, 4.69) is 15.4 Å². The summed E-state index contributed by atoms with van der Waals surface area (Å²) in [5, 5.41) is 18.6. The third-order valence-corrected chi connectivity index (χ3v) is 6.24. The van der Waals surface area contributed by atoms with Gasteiger partial charge >= 0.3 is 0 Å². The second-order valence-electron chi connectivity index (χ2n) is 8.23. The maximum atomic E-state index is 13.0. The number of amides is 1. The Morgan fingerprint density at radius 2 is 1.58 bits per heavy atom. The molecule has 2 aromatic heterocycles. The molecule has 178 valence electrons. The second kappa shape index (κ2) is 9.73. The molecule has 5 aromatic rings. The Labute approximate surface area is 212 Å². The van der Waals surface area contributed by atoms with E-state index < -0.39 is 17.8 Å². The predicted molar refractivity (Wildman–Crippen MR) is 139 cm³/mol. The van der Waals surface area contributed by atoms with Crippen molar-refractivity contribution in [3.8, 4) is 5.69 Å². The van der Waals surface area contributed by atoms with Gasteiger partial charge in [-0.3, -0.25) is 9.59 Å². The van der Waals surface area contributed by atoms with Crippen LogP contribution in [0.25, 0.3) is 16.7 Å². The molecule has 0 aliphatic rings. The zero-order valence-electron chi connectivity index (χ0n) is 19.2. The van der Waals surface area contributed by atoms with Crippen LogP contribution in [0.15, 0.2) is 91.1 Å². The number of nitrogens with zero attached hydrogens (tertiary/aromatic N) is 3. The molecule has 0 radical (unpaired) electrons. The molecule has 1 unspecified atom stereocenters. The molecule has 0 aliphatic carbocycles. The molecule has 8 heteroatoms. The lowest BCUT2D eigenvalue weighted by molar-refractivity contribution is 0.0747. The van der Waals surface area contributed by atoms with Gasteiger partial charge in [0.05, 0.1) is 27.4 Å². The van der Waals surface area contributed by atoms with Crippen LogP contribution in [0.1, 0.15) is 38.1 Å². The van der Waals surface area contributed by atoms with Crippen molar-refractivity contribution in [2.24, 2.45) is 0 Å². The van der Waals surface area contributed by atoms with E-state index in [4.69, 9.17) is 11.6 Å². The van der Waals surface area contributed by atoms with Gasteiger partial charge in [-0.15, -0.1) is 0 Å². The van der Waals surface area contributed by atoms with E-state index in [1.807, 2.05) is 43.3 Å². The van der Waals surface area contributed by atoms with Crippen LogP contribution in [0.3, 0.4) is 0 Å². The number of hydrogen-bond acceptors (Lipinski definition) is 5. The number of rotatable bonds is 6. The first-order chi connectivity index (χ1) is 17.4. The number of aliphatic hydroxyl groups excluding tert-OH is 1. The number of halogens is 1. The largest absolute Gasteiger partial charge is 0.380 e. The summed E-state index contributed by atoms with van der Waals surface area (Å²) in [7, 11) is 0. The van der Waals surface area contributed by atoms with Gasteiger partial charge in [0.15, 0.2) is 11.4 Å². The van der Waals surface area contributed by atoms with Crippen LogP contribution in [0.2, 0.25) is 5.02 Å². The van der Waals surface area contributed by atoms with Crippen molar-refractivity contribution in [1.29, 1.82) is 0 Å². The zero-order valence-corrected chi connectivity index (χ0v) is 20.0. The van der Waals surface area contributed by atoms with E-state index in [1.165, 1.54) is 6.20 Å². The lowest BCUT2D eigenvalue weighted by atomic mass is 10.00. The van der Waals surface area contributed by atoms with Crippen LogP contribution in [-0.2, 0) is 0 Å². The van der Waals surface area contributed by atoms with E-state index in [-0.39, 0.29) is 10.6 Å². The summed E-state index contributed by atoms with van der Waals surface area (Å²) < 4.78 is 1.69. The number of carbonyl (C=O) groups is 2. The molecule has 7 nitrogen and oxygen atoms in total. The topological polar surface area (TPSA) is 97.1 Å². The van der Waals surface area contributed by atoms with Crippen LogP contribution < -0.4 is 5.32 Å². The molecule has 0 spiro atoms. The highest BCUT2D eigenvalue weighted by Gasteiger charge is 2.21. The molecule has 1 atom stereocenters. The first-order valence-electron chi connectivity index (χ1n) is 11.2. The lowest BCUT2D eigenvalue weighted by Crippen LogP contribution is -2.14. The van der Waals surface area contributed by atoms with Crippen molar-refractivity contribution in [2.45, 2.75) is 13.0 Å². The van der Waals surface area contributed by atoms with Crippen LogP contribution in [0, 0.1) is 6.92 Å². The molecule has 1 amide bonds. The van der Waals surface area contributed by atoms with Gasteiger partial charge in [-0.2, -0.15) is 5.10 Å². The fraction of sp³-hybridized carbons (Fsp3) is 0.0714. The third kappa shape index (κ3) is 4.37. The Balaban J connectivity index is 1.37. The number of para-hydroxylation sites is 1. The normalized spacial score (nSPS) is 11.9. The maximum absolute atomic E-state index is 13.0. The van der Waals surface area contributed by atoms with Crippen LogP contribution in [0.4, 0.5) is 5.69 Å². The van der Waals surface area contributed by atoms with Gasteiger partial charge in [-0.05, 0) is 48.9 Å². The molecule has 0 saturated carbocycles. The van der Waals surface area contributed by atoms with E-state index in [9.17, 15) is 14.7 Å². The molecule has 2 heterocycles. The average Bonchev–Trinajstić information content (AvgIpc) is 3.26. The molecule has 0 saturated heterocycles. The highest BCUT2D eigenvalue weighted by molar-refractivity contribution is 6.39. The average molecular weight is 497 g/mol. The number of carbonyl (C=O) groups excluding carboxylic acids is 2. The van der Waals surface area contributed by atoms with Gasteiger partial charge in [0, 0.05) is 17.4 Å². The number of benzene rings is 3. The summed E-state index contributed by atoms with van der Waals surface area (Å²) in [6.07, 6.45) is 0.164. The monoisotopic (exact) mass is 496 g/mol. The highest BCUT2D eigenvalue weighted by Crippen LogP contribution is 2.30. The molecule has 5 rings (SSSR count). The lowest BCUT2D eigenvalue weighted by Gasteiger charge is -2.11. The Bertz CT molecular complexity index is 1570. The number of fused-ring (bicyclic) bond motifs is 1. The first kappa shape index (κ1) is 23.4. The van der Waals surface area contributed by atoms with Gasteiger partial charge in [-0.1, -0.05) is 60.1 Å². The van der Waals surface area contributed by atoms with Crippen molar-refractivity contribution in [3.63, 3.8) is 0 Å². The summed E-state index contributed by atoms with van der Waals surface area (Å²) in [5.41, 5.74) is 3.57. The standard InChI is InChI=1S/C28H21ClN4O3/c1-17-23-24(29)22(16-30-27(23)33(32-17)21-10-6-3-7-11-21)28(36)31-20-14-12-19(13-15-20)26(35)25(34)18-8-4-2-5-9-18/h2-16,25,34H,1H3,(H,31,36). The smallest absolute Gasteiger partial charge is 0.258 e. The van der Waals surface area contributed by atoms with Gasteiger partial charge in [0.25, 0.3) is 5.91 Å². The van der Waals surface area contributed by atoms with Crippen molar-refractivity contribution in [1.82, 2.24) is 14.8 Å². The van der Waals surface area contributed by atoms with Crippen LogP contribution >= 0.6 is 11.6 Å². The van der Waals surface area contributed by atoms with Gasteiger partial charge in [-0.25, -0.2) is 9.67 Å². The maximum Gasteiger partial charge on any atom is 0.258 e. The summed E-state index contributed by atoms with van der Waals surface area (Å²) in [6.45, 7) is 1.82. The van der Waals surface area contributed by atoms with Gasteiger partial charge in [0.1, 0.15) is 6.10 Å². The molecular formula is C28H21ClN4O3. The van der Waals surface area contributed by atoms with E-state index in [1.54, 1.807) is 53.2 Å². The van der Waals surface area contributed by atoms with Crippen molar-refractivity contribution >= 4 is 40.0 Å². The fourth-order valence-electron chi connectivity index (χ4n) is 3.98. The Hall–Kier alpha value is -4.33. The highest BCUT2D eigenvalue weighted by atomic mass is 35.5. The number of aromatic nitrogens is 3. The summed E-state index contributed by atoms with van der Waals surface area (Å²) in [6, 6.07) is 24.6. The van der Waals surface area contributed by atoms with Crippen molar-refractivity contribution in [2.75, 3.05) is 5.32 Å². The zero-order chi connectivity index (χ0) is 25.2. The van der Waals surface area contributed by atoms with Crippen LogP contribution in [0.5, 0.6) is 0 Å². The van der Waals surface area contributed by atoms with E-state index in [0.717, 1.165) is 5.69 Å². The Morgan fingerprint density at radius 3 is 2.25 bits per heavy atom. The van der Waals surface area contributed by atoms with E-state index in [0.29, 0.717) is 33.5 Å². The molecule has 3 aromatic carbocycles. The minimum absolute atomic E-state index is 0.208. The van der Waals surface area contributed by atoms with Crippen LogP contribution in [-0.4, -0.2) is 31.6 Å². The predicted octanol–water partition coefficient (Wildman–Crippen LogP) is 5.55. The number of aliphatic hydroxyl groups is 1. The number of pyridine rings is 1. The number of anilines is 1. The number of nitrogens with one attached hydrogen (secondary N) is 1. The van der Waals surface area contributed by atoms with E-state index >= 15 is 0 Å². The molecule has 0 aliphatic heterocycles. The molecule has 0 bridgehead atoms. The third-order valence-electron chi connectivity index (χ3n) is 5.84. The SMILES string of the molecule is Cc1nn(-c2ccccc2)c2ncc(C(=O)Nc3ccc(C(=O)C(O)c4ccccc4)cc3)c(Cl)c12. The Morgan fingerprint density at radius 1 is 0.944 bits per heavy atom. The Kier molecular flexibility index (Phi) is 6.33. The quantitative estimate of drug-likeness (QED) is 0.300. The molecule has 36 heavy (non-hydrogen) atoms. The minimum atomic E-state index is -1.26. The van der Waals surface area contributed by atoms with Crippen molar-refractivity contribution < 1.29 is 14.7 Å². The fourth-order valence-corrected chi connectivity index (χ4v) is 4.33. The first-order valence-corrected chi connectivity index (χ1v) is 11.6. The van der Waals surface area contributed by atoms with Gasteiger partial charge in [0.2, 0.25) is 0 Å². The minimum Gasteiger partial charge on any atom is -0.380 e. The second-order valence-corrected chi connectivity index (χ2v) is 8.60. The number of ketones is 1. The number of hydrogen-bond donors (Lipinski definition) is 2. The van der Waals surface area contributed by atoms with Crippen molar-refractivity contribution in [3.05, 3.63) is 119 Å². The molecular weight excluding hydrogens is 476 g/mol.